The molecular formula is C24H20ClNO5S. The van der Waals surface area contributed by atoms with Crippen LogP contribution < -0.4 is 4.72 Å². The maximum Gasteiger partial charge on any atom is 0.337 e. The highest BCUT2D eigenvalue weighted by Gasteiger charge is 2.20. The molecule has 0 saturated carbocycles. The van der Waals surface area contributed by atoms with Gasteiger partial charge in [0.15, 0.2) is 0 Å². The molecule has 2 N–H and O–H groups in total. The molecule has 3 aromatic carbocycles. The van der Waals surface area contributed by atoms with E-state index in [4.69, 9.17) is 16.3 Å². The average molecular weight is 470 g/mol. The predicted octanol–water partition coefficient (Wildman–Crippen LogP) is 5.31. The number of anilines is 1. The molecule has 8 heteroatoms. The fraction of sp³-hybridized carbons (Fsp3) is 0.125. The predicted molar refractivity (Wildman–Crippen MR) is 125 cm³/mol. The zero-order valence-electron chi connectivity index (χ0n) is 16.9. The molecular weight excluding hydrogens is 450 g/mol. The molecule has 0 atom stereocenters. The van der Waals surface area contributed by atoms with Crippen molar-refractivity contribution in [1.82, 2.24) is 0 Å². The van der Waals surface area contributed by atoms with E-state index in [1.54, 1.807) is 42.5 Å². The molecule has 4 rings (SSSR count). The van der Waals surface area contributed by atoms with Crippen molar-refractivity contribution >= 4 is 38.9 Å². The number of benzene rings is 3. The van der Waals surface area contributed by atoms with E-state index in [0.717, 1.165) is 23.1 Å². The lowest BCUT2D eigenvalue weighted by Crippen LogP contribution is -2.16. The Balaban J connectivity index is 1.65. The third kappa shape index (κ3) is 4.85. The first-order valence-corrected chi connectivity index (χ1v) is 11.7. The Labute approximate surface area is 191 Å². The standard InChI is InChI=1S/C24H20ClNO5S/c25-20-6-1-17(2-7-20)19-5-10-22(24(27)28)23(15-19)26-32(29,30)21-8-3-16(4-9-21)18-11-13-31-14-12-18/h1-11,15,26H,12-14H2,(H,27,28). The highest BCUT2D eigenvalue weighted by atomic mass is 35.5. The van der Waals surface area contributed by atoms with Gasteiger partial charge in [-0.1, -0.05) is 48.0 Å². The third-order valence-electron chi connectivity index (χ3n) is 5.17. The molecule has 0 unspecified atom stereocenters. The number of ether oxygens (including phenoxy) is 1. The molecule has 0 saturated heterocycles. The molecule has 0 fully saturated rings. The number of carboxylic acids is 1. The Morgan fingerprint density at radius 2 is 1.59 bits per heavy atom. The first-order chi connectivity index (χ1) is 15.3. The maximum absolute atomic E-state index is 13.0. The normalized spacial score (nSPS) is 14.0. The average Bonchev–Trinajstić information content (AvgIpc) is 2.80. The van der Waals surface area contributed by atoms with Gasteiger partial charge in [0.05, 0.1) is 29.4 Å². The van der Waals surface area contributed by atoms with Crippen LogP contribution in [-0.2, 0) is 14.8 Å². The minimum Gasteiger partial charge on any atom is -0.478 e. The molecule has 32 heavy (non-hydrogen) atoms. The number of nitrogens with one attached hydrogen (secondary N) is 1. The largest absolute Gasteiger partial charge is 0.478 e. The molecule has 0 aromatic heterocycles. The van der Waals surface area contributed by atoms with Gasteiger partial charge in [0, 0.05) is 5.02 Å². The summed E-state index contributed by atoms with van der Waals surface area (Å²) in [6.07, 6.45) is 2.75. The van der Waals surface area contributed by atoms with E-state index in [9.17, 15) is 18.3 Å². The zero-order chi connectivity index (χ0) is 22.7. The van der Waals surface area contributed by atoms with Crippen molar-refractivity contribution in [3.63, 3.8) is 0 Å². The van der Waals surface area contributed by atoms with Gasteiger partial charge in [-0.3, -0.25) is 4.72 Å². The molecule has 3 aromatic rings. The first-order valence-electron chi connectivity index (χ1n) is 9.87. The summed E-state index contributed by atoms with van der Waals surface area (Å²) in [6.45, 7) is 1.17. The third-order valence-corrected chi connectivity index (χ3v) is 6.80. The van der Waals surface area contributed by atoms with Crippen molar-refractivity contribution in [3.8, 4) is 11.1 Å². The fourth-order valence-corrected chi connectivity index (χ4v) is 4.67. The summed E-state index contributed by atoms with van der Waals surface area (Å²) in [5, 5.41) is 10.1. The quantitative estimate of drug-likeness (QED) is 0.510. The molecule has 1 heterocycles. The minimum absolute atomic E-state index is 0.0128. The zero-order valence-corrected chi connectivity index (χ0v) is 18.5. The van der Waals surface area contributed by atoms with Gasteiger partial charge in [0.2, 0.25) is 0 Å². The first kappa shape index (κ1) is 22.1. The molecule has 0 bridgehead atoms. The van der Waals surface area contributed by atoms with Crippen LogP contribution in [0.25, 0.3) is 16.7 Å². The number of hydrogen-bond donors (Lipinski definition) is 2. The summed E-state index contributed by atoms with van der Waals surface area (Å²) >= 11 is 5.93. The summed E-state index contributed by atoms with van der Waals surface area (Å²) in [5.41, 5.74) is 3.32. The molecule has 164 valence electrons. The highest BCUT2D eigenvalue weighted by Crippen LogP contribution is 2.29. The van der Waals surface area contributed by atoms with Gasteiger partial charge in [-0.05, 0) is 65.1 Å². The number of aromatic carboxylic acids is 1. The Hall–Kier alpha value is -3.13. The number of rotatable bonds is 6. The van der Waals surface area contributed by atoms with E-state index >= 15 is 0 Å². The highest BCUT2D eigenvalue weighted by molar-refractivity contribution is 7.92. The van der Waals surface area contributed by atoms with Crippen molar-refractivity contribution in [2.24, 2.45) is 0 Å². The second kappa shape index (κ2) is 9.16. The van der Waals surface area contributed by atoms with Gasteiger partial charge in [0.1, 0.15) is 0 Å². The minimum atomic E-state index is -4.00. The van der Waals surface area contributed by atoms with Crippen molar-refractivity contribution in [1.29, 1.82) is 0 Å². The van der Waals surface area contributed by atoms with Crippen LogP contribution in [-0.4, -0.2) is 32.7 Å². The molecule has 6 nitrogen and oxygen atoms in total. The van der Waals surface area contributed by atoms with Crippen LogP contribution in [0.1, 0.15) is 22.3 Å². The lowest BCUT2D eigenvalue weighted by Gasteiger charge is -2.15. The number of hydrogen-bond acceptors (Lipinski definition) is 4. The maximum atomic E-state index is 13.0. The topological polar surface area (TPSA) is 92.7 Å². The van der Waals surface area contributed by atoms with Crippen molar-refractivity contribution in [2.45, 2.75) is 11.3 Å². The molecule has 0 spiro atoms. The summed E-state index contributed by atoms with van der Waals surface area (Å²) in [5.74, 6) is -1.23. The summed E-state index contributed by atoms with van der Waals surface area (Å²) in [4.78, 5) is 11.7. The molecule has 0 radical (unpaired) electrons. The van der Waals surface area contributed by atoms with Crippen LogP contribution in [0.3, 0.4) is 0 Å². The van der Waals surface area contributed by atoms with Crippen molar-refractivity contribution in [3.05, 3.63) is 89.0 Å². The van der Waals surface area contributed by atoms with Crippen LogP contribution in [0.15, 0.2) is 77.7 Å². The Morgan fingerprint density at radius 1 is 0.938 bits per heavy atom. The second-order valence-corrected chi connectivity index (χ2v) is 9.38. The summed E-state index contributed by atoms with van der Waals surface area (Å²) < 4.78 is 33.7. The van der Waals surface area contributed by atoms with Gasteiger partial charge in [0.25, 0.3) is 10.0 Å². The number of sulfonamides is 1. The van der Waals surface area contributed by atoms with Crippen molar-refractivity contribution in [2.75, 3.05) is 17.9 Å². The van der Waals surface area contributed by atoms with Gasteiger partial charge in [-0.2, -0.15) is 0 Å². The Morgan fingerprint density at radius 3 is 2.22 bits per heavy atom. The molecule has 0 amide bonds. The molecule has 1 aliphatic heterocycles. The van der Waals surface area contributed by atoms with Crippen LogP contribution in [0, 0.1) is 0 Å². The molecule has 0 aliphatic carbocycles. The van der Waals surface area contributed by atoms with Gasteiger partial charge >= 0.3 is 5.97 Å². The van der Waals surface area contributed by atoms with Crippen LogP contribution >= 0.6 is 11.6 Å². The smallest absolute Gasteiger partial charge is 0.337 e. The Bertz CT molecular complexity index is 1280. The van der Waals surface area contributed by atoms with E-state index in [2.05, 4.69) is 4.72 Å². The van der Waals surface area contributed by atoms with E-state index in [1.165, 1.54) is 24.3 Å². The van der Waals surface area contributed by atoms with Crippen LogP contribution in [0.2, 0.25) is 5.02 Å². The number of carboxylic acid groups (broad SMARTS) is 1. The molecule has 1 aliphatic rings. The Kier molecular flexibility index (Phi) is 6.32. The lowest BCUT2D eigenvalue weighted by molar-refractivity contribution is 0.0698. The second-order valence-electron chi connectivity index (χ2n) is 7.26. The monoisotopic (exact) mass is 469 g/mol. The summed E-state index contributed by atoms with van der Waals surface area (Å²) in [7, 11) is -4.00. The lowest BCUT2D eigenvalue weighted by atomic mass is 10.0. The van der Waals surface area contributed by atoms with Gasteiger partial charge in [-0.15, -0.1) is 0 Å². The van der Waals surface area contributed by atoms with Gasteiger partial charge < -0.3 is 9.84 Å². The van der Waals surface area contributed by atoms with Crippen molar-refractivity contribution < 1.29 is 23.1 Å². The van der Waals surface area contributed by atoms with Crippen LogP contribution in [0.5, 0.6) is 0 Å². The van der Waals surface area contributed by atoms with E-state index in [-0.39, 0.29) is 16.1 Å². The van der Waals surface area contributed by atoms with E-state index in [0.29, 0.717) is 23.8 Å². The van der Waals surface area contributed by atoms with Crippen LogP contribution in [0.4, 0.5) is 5.69 Å². The summed E-state index contributed by atoms with van der Waals surface area (Å²) in [6, 6.07) is 18.0. The number of halogens is 1. The number of carbonyl (C=O) groups is 1. The SMILES string of the molecule is O=C(O)c1ccc(-c2ccc(Cl)cc2)cc1NS(=O)(=O)c1ccc(C2=CCOCC2)cc1. The fourth-order valence-electron chi connectivity index (χ4n) is 3.48. The van der Waals surface area contributed by atoms with E-state index in [1.807, 2.05) is 6.08 Å². The van der Waals surface area contributed by atoms with Gasteiger partial charge in [-0.25, -0.2) is 13.2 Å². The van der Waals surface area contributed by atoms with E-state index < -0.39 is 16.0 Å².